The van der Waals surface area contributed by atoms with Crippen LogP contribution in [-0.2, 0) is 0 Å². The van der Waals surface area contributed by atoms with Gasteiger partial charge in [0.2, 0.25) is 6.79 Å². The van der Waals surface area contributed by atoms with Crippen LogP contribution in [0.3, 0.4) is 0 Å². The molecule has 2 N–H and O–H groups in total. The third-order valence-electron chi connectivity index (χ3n) is 4.27. The lowest BCUT2D eigenvalue weighted by molar-refractivity contribution is 0.134. The summed E-state index contributed by atoms with van der Waals surface area (Å²) in [4.78, 5) is 0. The third-order valence-corrected chi connectivity index (χ3v) is 4.27. The number of furan rings is 1. The molecule has 1 aliphatic rings. The molecule has 0 aliphatic carbocycles. The Morgan fingerprint density at radius 3 is 2.76 bits per heavy atom. The van der Waals surface area contributed by atoms with Gasteiger partial charge in [-0.05, 0) is 42.0 Å². The maximum Gasteiger partial charge on any atom is 0.231 e. The zero-order chi connectivity index (χ0) is 17.4. The van der Waals surface area contributed by atoms with Gasteiger partial charge < -0.3 is 28.8 Å². The van der Waals surface area contributed by atoms with Crippen LogP contribution in [0, 0.1) is 0 Å². The second-order valence-electron chi connectivity index (χ2n) is 5.85. The van der Waals surface area contributed by atoms with E-state index in [9.17, 15) is 5.11 Å². The van der Waals surface area contributed by atoms with E-state index in [-0.39, 0.29) is 19.8 Å². The number of fused-ring (bicyclic) bond motifs is 2. The Bertz CT molecular complexity index is 914. The largest absolute Gasteiger partial charge is 0.493 e. The SMILES string of the molecule is COc1cc([C@@H](O)CCO)cc2cc(-c3ccc4c(c3)OCO4)oc12. The Hall–Kier alpha value is -2.70. The highest BCUT2D eigenvalue weighted by atomic mass is 16.7. The monoisotopic (exact) mass is 342 g/mol. The number of aliphatic hydroxyl groups is 2. The van der Waals surface area contributed by atoms with Gasteiger partial charge in [0.1, 0.15) is 5.76 Å². The Balaban J connectivity index is 1.79. The highest BCUT2D eigenvalue weighted by Gasteiger charge is 2.18. The summed E-state index contributed by atoms with van der Waals surface area (Å²) >= 11 is 0. The van der Waals surface area contributed by atoms with E-state index in [1.807, 2.05) is 30.3 Å². The van der Waals surface area contributed by atoms with E-state index >= 15 is 0 Å². The second kappa shape index (κ2) is 6.31. The summed E-state index contributed by atoms with van der Waals surface area (Å²) in [6, 6.07) is 11.1. The first-order chi connectivity index (χ1) is 12.2. The smallest absolute Gasteiger partial charge is 0.231 e. The van der Waals surface area contributed by atoms with Crippen molar-refractivity contribution in [2.24, 2.45) is 0 Å². The van der Waals surface area contributed by atoms with Crippen molar-refractivity contribution in [2.75, 3.05) is 20.5 Å². The summed E-state index contributed by atoms with van der Waals surface area (Å²) < 4.78 is 22.1. The van der Waals surface area contributed by atoms with E-state index in [2.05, 4.69) is 0 Å². The lowest BCUT2D eigenvalue weighted by Gasteiger charge is -2.11. The van der Waals surface area contributed by atoms with Crippen molar-refractivity contribution < 1.29 is 28.8 Å². The van der Waals surface area contributed by atoms with Crippen LogP contribution in [-0.4, -0.2) is 30.7 Å². The number of aliphatic hydroxyl groups excluding tert-OH is 2. The van der Waals surface area contributed by atoms with Gasteiger partial charge in [-0.15, -0.1) is 0 Å². The molecule has 1 aliphatic heterocycles. The van der Waals surface area contributed by atoms with Crippen LogP contribution in [0.5, 0.6) is 17.2 Å². The third kappa shape index (κ3) is 2.79. The summed E-state index contributed by atoms with van der Waals surface area (Å²) in [7, 11) is 1.56. The van der Waals surface area contributed by atoms with E-state index in [0.29, 0.717) is 34.2 Å². The molecule has 1 aromatic heterocycles. The van der Waals surface area contributed by atoms with Crippen LogP contribution in [0.4, 0.5) is 0 Å². The van der Waals surface area contributed by atoms with Crippen molar-refractivity contribution in [3.8, 4) is 28.6 Å². The summed E-state index contributed by atoms with van der Waals surface area (Å²) in [6.07, 6.45) is -0.492. The minimum atomic E-state index is -0.757. The average Bonchev–Trinajstić information content (AvgIpc) is 3.26. The van der Waals surface area contributed by atoms with Gasteiger partial charge in [-0.3, -0.25) is 0 Å². The van der Waals surface area contributed by atoms with Gasteiger partial charge in [0.05, 0.1) is 13.2 Å². The number of rotatable bonds is 5. The first kappa shape index (κ1) is 15.8. The van der Waals surface area contributed by atoms with E-state index in [1.165, 1.54) is 0 Å². The highest BCUT2D eigenvalue weighted by Crippen LogP contribution is 2.40. The molecule has 2 aromatic carbocycles. The van der Waals surface area contributed by atoms with Crippen LogP contribution in [0.1, 0.15) is 18.1 Å². The van der Waals surface area contributed by atoms with Crippen molar-refractivity contribution in [1.82, 2.24) is 0 Å². The molecule has 6 heteroatoms. The summed E-state index contributed by atoms with van der Waals surface area (Å²) in [6.45, 7) is 0.133. The Morgan fingerprint density at radius 2 is 1.96 bits per heavy atom. The second-order valence-corrected chi connectivity index (χ2v) is 5.85. The minimum Gasteiger partial charge on any atom is -0.493 e. The Labute approximate surface area is 144 Å². The molecule has 1 atom stereocenters. The maximum absolute atomic E-state index is 10.2. The lowest BCUT2D eigenvalue weighted by atomic mass is 10.0. The first-order valence-corrected chi connectivity index (χ1v) is 8.00. The lowest BCUT2D eigenvalue weighted by Crippen LogP contribution is -2.00. The number of hydrogen-bond donors (Lipinski definition) is 2. The fraction of sp³-hybridized carbons (Fsp3) is 0.263. The predicted octanol–water partition coefficient (Wildman–Crippen LogP) is 3.25. The molecule has 0 saturated heterocycles. The minimum absolute atomic E-state index is 0.0879. The molecule has 2 heterocycles. The maximum atomic E-state index is 10.2. The van der Waals surface area contributed by atoms with E-state index in [4.69, 9.17) is 23.7 Å². The van der Waals surface area contributed by atoms with Gasteiger partial charge >= 0.3 is 0 Å². The van der Waals surface area contributed by atoms with Crippen LogP contribution in [0.25, 0.3) is 22.3 Å². The van der Waals surface area contributed by atoms with Crippen LogP contribution in [0.2, 0.25) is 0 Å². The van der Waals surface area contributed by atoms with Gasteiger partial charge in [-0.2, -0.15) is 0 Å². The standard InChI is InChI=1S/C19H18O6/c1-22-18-8-12(14(21)4-5-20)6-13-9-16(25-19(13)18)11-2-3-15-17(7-11)24-10-23-15/h2-3,6-9,14,20-21H,4-5,10H2,1H3/t14-/m0/s1. The van der Waals surface area contributed by atoms with Crippen LogP contribution >= 0.6 is 0 Å². The van der Waals surface area contributed by atoms with Gasteiger partial charge in [-0.1, -0.05) is 0 Å². The molecule has 3 aromatic rings. The fourth-order valence-electron chi connectivity index (χ4n) is 2.97. The predicted molar refractivity (Wildman–Crippen MR) is 91.0 cm³/mol. The van der Waals surface area contributed by atoms with E-state index in [1.54, 1.807) is 13.2 Å². The van der Waals surface area contributed by atoms with Crippen molar-refractivity contribution in [3.63, 3.8) is 0 Å². The molecule has 0 bridgehead atoms. The zero-order valence-electron chi connectivity index (χ0n) is 13.7. The molecular weight excluding hydrogens is 324 g/mol. The van der Waals surface area contributed by atoms with Crippen molar-refractivity contribution in [3.05, 3.63) is 42.0 Å². The van der Waals surface area contributed by atoms with Crippen molar-refractivity contribution in [1.29, 1.82) is 0 Å². The fourth-order valence-corrected chi connectivity index (χ4v) is 2.97. The molecule has 4 rings (SSSR count). The molecule has 25 heavy (non-hydrogen) atoms. The van der Waals surface area contributed by atoms with Gasteiger partial charge in [0, 0.05) is 24.0 Å². The van der Waals surface area contributed by atoms with Gasteiger partial charge in [0.15, 0.2) is 22.8 Å². The highest BCUT2D eigenvalue weighted by molar-refractivity contribution is 5.88. The molecule has 6 nitrogen and oxygen atoms in total. The quantitative estimate of drug-likeness (QED) is 0.741. The molecule has 0 amide bonds. The topological polar surface area (TPSA) is 81.3 Å². The molecule has 0 spiro atoms. The zero-order valence-corrected chi connectivity index (χ0v) is 13.7. The molecule has 0 unspecified atom stereocenters. The van der Waals surface area contributed by atoms with Gasteiger partial charge in [-0.25, -0.2) is 0 Å². The van der Waals surface area contributed by atoms with E-state index in [0.717, 1.165) is 10.9 Å². The normalized spacial score (nSPS) is 14.0. The van der Waals surface area contributed by atoms with Gasteiger partial charge in [0.25, 0.3) is 0 Å². The molecule has 0 fully saturated rings. The molecule has 130 valence electrons. The first-order valence-electron chi connectivity index (χ1n) is 8.00. The number of benzene rings is 2. The summed E-state index contributed by atoms with van der Waals surface area (Å²) in [5.74, 6) is 2.60. The summed E-state index contributed by atoms with van der Waals surface area (Å²) in [5, 5.41) is 20.0. The Morgan fingerprint density at radius 1 is 1.12 bits per heavy atom. The number of ether oxygens (including phenoxy) is 3. The molecular formula is C19H18O6. The van der Waals surface area contributed by atoms with Crippen molar-refractivity contribution in [2.45, 2.75) is 12.5 Å². The average molecular weight is 342 g/mol. The molecule has 0 radical (unpaired) electrons. The molecule has 0 saturated carbocycles. The van der Waals surface area contributed by atoms with Crippen molar-refractivity contribution >= 4 is 11.0 Å². The summed E-state index contributed by atoms with van der Waals surface area (Å²) in [5.41, 5.74) is 2.14. The van der Waals surface area contributed by atoms with E-state index < -0.39 is 6.10 Å². The number of methoxy groups -OCH3 is 1. The van der Waals surface area contributed by atoms with Crippen LogP contribution < -0.4 is 14.2 Å². The van der Waals surface area contributed by atoms with Crippen LogP contribution in [0.15, 0.2) is 40.8 Å². The Kier molecular flexibility index (Phi) is 3.99. The number of hydrogen-bond acceptors (Lipinski definition) is 6.